The topological polar surface area (TPSA) is 49.0 Å². The number of nitrogens with zero attached hydrogens (tertiary/aromatic N) is 2. The molecule has 0 spiro atoms. The van der Waals surface area contributed by atoms with Crippen molar-refractivity contribution in [1.82, 2.24) is 15.1 Å². The number of hydrogen-bond acceptors (Lipinski definition) is 2. The van der Waals surface area contributed by atoms with Crippen molar-refractivity contribution in [3.05, 3.63) is 89.0 Å². The Morgan fingerprint density at radius 2 is 1.85 bits per heavy atom. The van der Waals surface area contributed by atoms with E-state index in [4.69, 9.17) is 0 Å². The molecule has 5 heteroatoms. The van der Waals surface area contributed by atoms with Gasteiger partial charge in [0.05, 0.1) is 12.2 Å². The first-order valence-electron chi connectivity index (χ1n) is 8.59. The zero-order chi connectivity index (χ0) is 18.5. The molecule has 0 aliphatic heterocycles. The van der Waals surface area contributed by atoms with Gasteiger partial charge in [-0.05, 0) is 30.2 Å². The van der Waals surface area contributed by atoms with Gasteiger partial charge in [-0.1, -0.05) is 48.5 Å². The van der Waals surface area contributed by atoms with E-state index in [2.05, 4.69) is 10.2 Å². The van der Waals surface area contributed by atoms with E-state index in [1.54, 1.807) is 30.1 Å². The maximum Gasteiger partial charge on any atom is 0.223 e. The molecule has 4 nitrogen and oxygen atoms in total. The second-order valence-electron chi connectivity index (χ2n) is 6.48. The fraction of sp³-hybridized carbons (Fsp3) is 0.238. The Morgan fingerprint density at radius 3 is 2.50 bits per heavy atom. The lowest BCUT2D eigenvalue weighted by Crippen LogP contribution is -2.28. The summed E-state index contributed by atoms with van der Waals surface area (Å²) in [6.45, 7) is 2.34. The molecule has 0 saturated carbocycles. The van der Waals surface area contributed by atoms with Crippen LogP contribution in [0.25, 0.3) is 0 Å². The predicted molar refractivity (Wildman–Crippen MR) is 99.1 cm³/mol. The second kappa shape index (κ2) is 7.95. The summed E-state index contributed by atoms with van der Waals surface area (Å²) in [7, 11) is 1.75. The fourth-order valence-corrected chi connectivity index (χ4v) is 3.07. The first-order chi connectivity index (χ1) is 12.5. The monoisotopic (exact) mass is 351 g/mol. The molecule has 0 unspecified atom stereocenters. The number of benzene rings is 2. The Bertz CT molecular complexity index is 876. The SMILES string of the molecule is Cc1cc(CN(C)C(=O)C[C@H](c2ccccc2)c2ccccc2F)n[nH]1. The van der Waals surface area contributed by atoms with E-state index >= 15 is 0 Å². The number of nitrogens with one attached hydrogen (secondary N) is 1. The second-order valence-corrected chi connectivity index (χ2v) is 6.48. The highest BCUT2D eigenvalue weighted by molar-refractivity contribution is 5.77. The molecule has 0 saturated heterocycles. The summed E-state index contributed by atoms with van der Waals surface area (Å²) < 4.78 is 14.4. The van der Waals surface area contributed by atoms with E-state index in [-0.39, 0.29) is 24.1 Å². The average Bonchev–Trinajstić information content (AvgIpc) is 3.05. The molecule has 2 aromatic carbocycles. The number of aromatic nitrogens is 2. The van der Waals surface area contributed by atoms with Gasteiger partial charge in [0.15, 0.2) is 0 Å². The molecular weight excluding hydrogens is 329 g/mol. The van der Waals surface area contributed by atoms with Gasteiger partial charge in [-0.15, -0.1) is 0 Å². The summed E-state index contributed by atoms with van der Waals surface area (Å²) in [5, 5.41) is 7.04. The predicted octanol–water partition coefficient (Wildman–Crippen LogP) is 4.04. The third-order valence-corrected chi connectivity index (χ3v) is 4.45. The summed E-state index contributed by atoms with van der Waals surface area (Å²) in [4.78, 5) is 14.4. The molecule has 1 atom stereocenters. The number of H-pyrrole nitrogens is 1. The number of carbonyl (C=O) groups is 1. The lowest BCUT2D eigenvalue weighted by molar-refractivity contribution is -0.130. The summed E-state index contributed by atoms with van der Waals surface area (Å²) in [5.74, 6) is -0.671. The van der Waals surface area contributed by atoms with Gasteiger partial charge in [0, 0.05) is 25.1 Å². The first-order valence-corrected chi connectivity index (χ1v) is 8.59. The lowest BCUT2D eigenvalue weighted by Gasteiger charge is -2.22. The lowest BCUT2D eigenvalue weighted by atomic mass is 9.88. The van der Waals surface area contributed by atoms with Crippen LogP contribution in [0.2, 0.25) is 0 Å². The highest BCUT2D eigenvalue weighted by Crippen LogP contribution is 2.30. The van der Waals surface area contributed by atoms with Crippen LogP contribution in [0, 0.1) is 12.7 Å². The molecule has 3 aromatic rings. The quantitative estimate of drug-likeness (QED) is 0.729. The third kappa shape index (κ3) is 4.17. The largest absolute Gasteiger partial charge is 0.340 e. The Balaban J connectivity index is 1.81. The molecule has 0 aliphatic carbocycles. The number of halogens is 1. The van der Waals surface area contributed by atoms with Gasteiger partial charge in [0.1, 0.15) is 5.82 Å². The van der Waals surface area contributed by atoms with Crippen LogP contribution in [-0.4, -0.2) is 28.1 Å². The number of rotatable bonds is 6. The smallest absolute Gasteiger partial charge is 0.223 e. The first kappa shape index (κ1) is 17.9. The van der Waals surface area contributed by atoms with Crippen molar-refractivity contribution in [2.45, 2.75) is 25.8 Å². The van der Waals surface area contributed by atoms with Crippen LogP contribution in [0.5, 0.6) is 0 Å². The third-order valence-electron chi connectivity index (χ3n) is 4.45. The van der Waals surface area contributed by atoms with Gasteiger partial charge < -0.3 is 4.90 Å². The molecule has 26 heavy (non-hydrogen) atoms. The fourth-order valence-electron chi connectivity index (χ4n) is 3.07. The number of aromatic amines is 1. The maximum atomic E-state index is 14.4. The van der Waals surface area contributed by atoms with E-state index in [1.165, 1.54) is 6.07 Å². The Kier molecular flexibility index (Phi) is 5.46. The van der Waals surface area contributed by atoms with Crippen molar-refractivity contribution in [2.24, 2.45) is 0 Å². The van der Waals surface area contributed by atoms with Gasteiger partial charge in [-0.2, -0.15) is 5.10 Å². The van der Waals surface area contributed by atoms with Crippen LogP contribution in [0.15, 0.2) is 60.7 Å². The maximum absolute atomic E-state index is 14.4. The Hall–Kier alpha value is -2.95. The molecule has 0 fully saturated rings. The van der Waals surface area contributed by atoms with E-state index < -0.39 is 0 Å². The molecule has 1 heterocycles. The van der Waals surface area contributed by atoms with Crippen molar-refractivity contribution in [3.8, 4) is 0 Å². The highest BCUT2D eigenvalue weighted by atomic mass is 19.1. The number of carbonyl (C=O) groups excluding carboxylic acids is 1. The van der Waals surface area contributed by atoms with Gasteiger partial charge >= 0.3 is 0 Å². The minimum atomic E-state index is -0.326. The number of aryl methyl sites for hydroxylation is 1. The molecule has 0 bridgehead atoms. The molecule has 1 amide bonds. The van der Waals surface area contributed by atoms with Crippen LogP contribution in [0.1, 0.15) is 34.9 Å². The molecule has 1 aromatic heterocycles. The van der Waals surface area contributed by atoms with Gasteiger partial charge in [0.2, 0.25) is 5.91 Å². The number of hydrogen-bond donors (Lipinski definition) is 1. The summed E-state index contributed by atoms with van der Waals surface area (Å²) in [5.41, 5.74) is 3.22. The van der Waals surface area contributed by atoms with E-state index in [0.717, 1.165) is 17.0 Å². The summed E-state index contributed by atoms with van der Waals surface area (Å²) in [6, 6.07) is 18.1. The van der Waals surface area contributed by atoms with Gasteiger partial charge in [0.25, 0.3) is 0 Å². The highest BCUT2D eigenvalue weighted by Gasteiger charge is 2.23. The summed E-state index contributed by atoms with van der Waals surface area (Å²) in [6.07, 6.45) is 0.199. The molecule has 1 N–H and O–H groups in total. The minimum Gasteiger partial charge on any atom is -0.340 e. The Morgan fingerprint density at radius 1 is 1.15 bits per heavy atom. The van der Waals surface area contributed by atoms with Crippen molar-refractivity contribution >= 4 is 5.91 Å². The van der Waals surface area contributed by atoms with Crippen LogP contribution in [0.3, 0.4) is 0 Å². The average molecular weight is 351 g/mol. The van der Waals surface area contributed by atoms with E-state index in [9.17, 15) is 9.18 Å². The van der Waals surface area contributed by atoms with E-state index in [0.29, 0.717) is 12.1 Å². The standard InChI is InChI=1S/C21H22FN3O/c1-15-12-17(24-23-15)14-25(2)21(26)13-19(16-8-4-3-5-9-16)18-10-6-7-11-20(18)22/h3-12,19H,13-14H2,1-2H3,(H,23,24)/t19-/m1/s1. The molecule has 134 valence electrons. The van der Waals surface area contributed by atoms with Crippen molar-refractivity contribution in [1.29, 1.82) is 0 Å². The molecule has 0 aliphatic rings. The van der Waals surface area contributed by atoms with Crippen LogP contribution < -0.4 is 0 Å². The van der Waals surface area contributed by atoms with Crippen molar-refractivity contribution in [3.63, 3.8) is 0 Å². The van der Waals surface area contributed by atoms with Gasteiger partial charge in [-0.25, -0.2) is 4.39 Å². The normalized spacial score (nSPS) is 12.0. The Labute approximate surface area is 152 Å². The minimum absolute atomic E-state index is 0.0530. The molecular formula is C21H22FN3O. The van der Waals surface area contributed by atoms with Crippen molar-refractivity contribution < 1.29 is 9.18 Å². The van der Waals surface area contributed by atoms with Crippen molar-refractivity contribution in [2.75, 3.05) is 7.05 Å². The zero-order valence-corrected chi connectivity index (χ0v) is 14.9. The molecule has 3 rings (SSSR count). The molecule has 0 radical (unpaired) electrons. The van der Waals surface area contributed by atoms with Gasteiger partial charge in [-0.3, -0.25) is 9.89 Å². The number of amides is 1. The van der Waals surface area contributed by atoms with Crippen LogP contribution in [0.4, 0.5) is 4.39 Å². The van der Waals surface area contributed by atoms with E-state index in [1.807, 2.05) is 43.3 Å². The van der Waals surface area contributed by atoms with Crippen LogP contribution in [-0.2, 0) is 11.3 Å². The zero-order valence-electron chi connectivity index (χ0n) is 14.9. The van der Waals surface area contributed by atoms with Crippen LogP contribution >= 0.6 is 0 Å². The summed E-state index contributed by atoms with van der Waals surface area (Å²) >= 11 is 0.